The van der Waals surface area contributed by atoms with Crippen LogP contribution in [0.1, 0.15) is 17.4 Å². The van der Waals surface area contributed by atoms with Crippen molar-refractivity contribution in [3.63, 3.8) is 0 Å². The Balaban J connectivity index is 2.78. The molecule has 1 aromatic rings. The van der Waals surface area contributed by atoms with Gasteiger partial charge in [-0.25, -0.2) is 9.97 Å². The van der Waals surface area contributed by atoms with Gasteiger partial charge in [0.05, 0.1) is 4.47 Å². The third kappa shape index (κ3) is 2.98. The lowest BCUT2D eigenvalue weighted by Gasteiger charge is -2.09. The molecule has 1 rings (SSSR count). The summed E-state index contributed by atoms with van der Waals surface area (Å²) in [6.45, 7) is 1.50. The zero-order valence-electron chi connectivity index (χ0n) is 7.90. The van der Waals surface area contributed by atoms with Gasteiger partial charge in [0.15, 0.2) is 0 Å². The van der Waals surface area contributed by atoms with E-state index in [4.69, 9.17) is 5.73 Å². The van der Waals surface area contributed by atoms with Crippen molar-refractivity contribution in [3.05, 3.63) is 22.7 Å². The topological polar surface area (TPSA) is 98.0 Å². The second-order valence-electron chi connectivity index (χ2n) is 2.82. The molecule has 0 saturated heterocycles. The van der Waals surface area contributed by atoms with Crippen molar-refractivity contribution in [1.29, 1.82) is 0 Å². The van der Waals surface area contributed by atoms with Crippen molar-refractivity contribution in [3.8, 4) is 0 Å². The minimum Gasteiger partial charge on any atom is -0.368 e. The zero-order valence-corrected chi connectivity index (χ0v) is 9.48. The maximum atomic E-state index is 11.5. The van der Waals surface area contributed by atoms with E-state index in [0.717, 1.165) is 0 Å². The van der Waals surface area contributed by atoms with Crippen LogP contribution in [0.15, 0.2) is 17.0 Å². The monoisotopic (exact) mass is 272 g/mol. The van der Waals surface area contributed by atoms with Crippen LogP contribution in [0.5, 0.6) is 0 Å². The molecule has 0 saturated carbocycles. The number of hydrogen-bond donors (Lipinski definition) is 2. The Labute approximate surface area is 94.4 Å². The number of carbonyl (C=O) groups is 2. The van der Waals surface area contributed by atoms with Crippen molar-refractivity contribution >= 4 is 27.7 Å². The first-order valence-electron chi connectivity index (χ1n) is 4.08. The molecule has 0 bridgehead atoms. The lowest BCUT2D eigenvalue weighted by molar-refractivity contribution is -0.119. The number of nitrogens with two attached hydrogens (primary N) is 1. The average Bonchev–Trinajstić information content (AvgIpc) is 2.18. The Morgan fingerprint density at radius 3 is 2.80 bits per heavy atom. The van der Waals surface area contributed by atoms with Gasteiger partial charge in [-0.05, 0) is 22.9 Å². The molecule has 15 heavy (non-hydrogen) atoms. The number of nitrogens with one attached hydrogen (secondary N) is 1. The van der Waals surface area contributed by atoms with Gasteiger partial charge in [0.2, 0.25) is 5.91 Å². The minimum absolute atomic E-state index is 0.165. The molecular weight excluding hydrogens is 264 g/mol. The van der Waals surface area contributed by atoms with E-state index in [1.54, 1.807) is 0 Å². The van der Waals surface area contributed by atoms with E-state index in [9.17, 15) is 9.59 Å². The fourth-order valence-corrected chi connectivity index (χ4v) is 1.22. The summed E-state index contributed by atoms with van der Waals surface area (Å²) in [6.07, 6.45) is 2.69. The highest BCUT2D eigenvalue weighted by Crippen LogP contribution is 2.11. The molecule has 3 N–H and O–H groups in total. The lowest BCUT2D eigenvalue weighted by Crippen LogP contribution is -2.42. The molecule has 0 aromatic carbocycles. The highest BCUT2D eigenvalue weighted by molar-refractivity contribution is 9.10. The van der Waals surface area contributed by atoms with Crippen LogP contribution >= 0.6 is 15.9 Å². The Morgan fingerprint density at radius 1 is 1.60 bits per heavy atom. The molecule has 0 unspecified atom stereocenters. The molecule has 0 aliphatic carbocycles. The van der Waals surface area contributed by atoms with Crippen LogP contribution in [-0.2, 0) is 4.79 Å². The number of carbonyl (C=O) groups excluding carboxylic acids is 2. The molecule has 0 radical (unpaired) electrons. The zero-order chi connectivity index (χ0) is 11.4. The van der Waals surface area contributed by atoms with E-state index in [1.165, 1.54) is 19.4 Å². The Kier molecular flexibility index (Phi) is 3.73. The van der Waals surface area contributed by atoms with Gasteiger partial charge in [0, 0.05) is 6.20 Å². The number of amides is 2. The van der Waals surface area contributed by atoms with E-state index in [1.807, 2.05) is 0 Å². The molecule has 7 heteroatoms. The summed E-state index contributed by atoms with van der Waals surface area (Å²) in [6, 6.07) is -0.737. The highest BCUT2D eigenvalue weighted by Gasteiger charge is 2.16. The number of primary amides is 1. The summed E-state index contributed by atoms with van der Waals surface area (Å²) < 4.78 is 0.458. The third-order valence-corrected chi connectivity index (χ3v) is 2.24. The van der Waals surface area contributed by atoms with Crippen LogP contribution < -0.4 is 11.1 Å². The normalized spacial score (nSPS) is 11.9. The predicted molar refractivity (Wildman–Crippen MR) is 55.9 cm³/mol. The maximum absolute atomic E-state index is 11.5. The van der Waals surface area contributed by atoms with Crippen LogP contribution in [-0.4, -0.2) is 27.8 Å². The largest absolute Gasteiger partial charge is 0.368 e. The first-order valence-corrected chi connectivity index (χ1v) is 4.87. The van der Waals surface area contributed by atoms with Gasteiger partial charge in [-0.2, -0.15) is 0 Å². The second kappa shape index (κ2) is 4.83. The highest BCUT2D eigenvalue weighted by atomic mass is 79.9. The first kappa shape index (κ1) is 11.6. The van der Waals surface area contributed by atoms with Crippen molar-refractivity contribution in [2.75, 3.05) is 0 Å². The Morgan fingerprint density at radius 2 is 2.27 bits per heavy atom. The summed E-state index contributed by atoms with van der Waals surface area (Å²) in [5.74, 6) is -1.08. The maximum Gasteiger partial charge on any atom is 0.271 e. The summed E-state index contributed by atoms with van der Waals surface area (Å²) in [5.41, 5.74) is 5.17. The molecule has 0 fully saturated rings. The van der Waals surface area contributed by atoms with Crippen molar-refractivity contribution in [2.24, 2.45) is 5.73 Å². The summed E-state index contributed by atoms with van der Waals surface area (Å²) >= 11 is 3.12. The van der Waals surface area contributed by atoms with Gasteiger partial charge in [-0.1, -0.05) is 0 Å². The molecular formula is C8H9BrN4O2. The Bertz CT molecular complexity index is 396. The van der Waals surface area contributed by atoms with Gasteiger partial charge in [-0.3, -0.25) is 9.59 Å². The lowest BCUT2D eigenvalue weighted by atomic mass is 10.3. The van der Waals surface area contributed by atoms with Crippen LogP contribution in [0, 0.1) is 0 Å². The van der Waals surface area contributed by atoms with E-state index in [2.05, 4.69) is 31.2 Å². The van der Waals surface area contributed by atoms with Gasteiger partial charge in [0.25, 0.3) is 5.91 Å². The number of halogens is 1. The van der Waals surface area contributed by atoms with Gasteiger partial charge < -0.3 is 11.1 Å². The predicted octanol–water partition coefficient (Wildman–Crippen LogP) is -0.157. The van der Waals surface area contributed by atoms with Gasteiger partial charge in [0.1, 0.15) is 18.1 Å². The number of rotatable bonds is 3. The summed E-state index contributed by atoms with van der Waals surface area (Å²) in [4.78, 5) is 29.7. The molecule has 6 nitrogen and oxygen atoms in total. The van der Waals surface area contributed by atoms with Crippen molar-refractivity contribution in [1.82, 2.24) is 15.3 Å². The van der Waals surface area contributed by atoms with E-state index < -0.39 is 17.9 Å². The van der Waals surface area contributed by atoms with E-state index in [0.29, 0.717) is 4.47 Å². The van der Waals surface area contributed by atoms with Crippen LogP contribution in [0.4, 0.5) is 0 Å². The van der Waals surface area contributed by atoms with Gasteiger partial charge >= 0.3 is 0 Å². The molecule has 0 spiro atoms. The molecule has 0 aliphatic heterocycles. The molecule has 1 atom stereocenters. The van der Waals surface area contributed by atoms with Crippen LogP contribution in [0.3, 0.4) is 0 Å². The smallest absolute Gasteiger partial charge is 0.271 e. The molecule has 80 valence electrons. The standard InChI is InChI=1S/C8H9BrN4O2/c1-4(7(10)14)13-8(15)6-5(9)2-11-3-12-6/h2-4H,1H3,(H2,10,14)(H,13,15)/t4-/m1/s1. The fraction of sp³-hybridized carbons (Fsp3) is 0.250. The van der Waals surface area contributed by atoms with E-state index >= 15 is 0 Å². The second-order valence-corrected chi connectivity index (χ2v) is 3.67. The summed E-state index contributed by atoms with van der Waals surface area (Å²) in [7, 11) is 0. The van der Waals surface area contributed by atoms with Crippen LogP contribution in [0.25, 0.3) is 0 Å². The minimum atomic E-state index is -0.737. The molecule has 2 amide bonds. The van der Waals surface area contributed by atoms with Crippen molar-refractivity contribution < 1.29 is 9.59 Å². The number of nitrogens with zero attached hydrogens (tertiary/aromatic N) is 2. The van der Waals surface area contributed by atoms with Crippen molar-refractivity contribution in [2.45, 2.75) is 13.0 Å². The number of hydrogen-bond acceptors (Lipinski definition) is 4. The molecule has 1 aromatic heterocycles. The quantitative estimate of drug-likeness (QED) is 0.799. The average molecular weight is 273 g/mol. The Hall–Kier alpha value is -1.50. The van der Waals surface area contributed by atoms with Crippen LogP contribution in [0.2, 0.25) is 0 Å². The number of aromatic nitrogens is 2. The fourth-order valence-electron chi connectivity index (χ4n) is 0.816. The molecule has 1 heterocycles. The first-order chi connectivity index (χ1) is 7.02. The summed E-state index contributed by atoms with van der Waals surface area (Å²) in [5, 5.41) is 2.40. The van der Waals surface area contributed by atoms with Gasteiger partial charge in [-0.15, -0.1) is 0 Å². The SMILES string of the molecule is C[C@@H](NC(=O)c1ncncc1Br)C(N)=O. The van der Waals surface area contributed by atoms with E-state index in [-0.39, 0.29) is 5.69 Å². The third-order valence-electron chi connectivity index (χ3n) is 1.66. The molecule has 0 aliphatic rings.